The molecule has 1 aliphatic rings. The quantitative estimate of drug-likeness (QED) is 0.689. The van der Waals surface area contributed by atoms with Gasteiger partial charge in [0.2, 0.25) is 5.91 Å². The Balaban J connectivity index is 1.66. The van der Waals surface area contributed by atoms with Crippen LogP contribution >= 0.6 is 0 Å². The van der Waals surface area contributed by atoms with E-state index in [-0.39, 0.29) is 17.9 Å². The van der Waals surface area contributed by atoms with E-state index in [0.717, 1.165) is 24.9 Å². The second-order valence-corrected chi connectivity index (χ2v) is 5.06. The summed E-state index contributed by atoms with van der Waals surface area (Å²) in [6, 6.07) is 7.34. The van der Waals surface area contributed by atoms with Crippen LogP contribution in [0, 0.1) is 6.92 Å². The van der Waals surface area contributed by atoms with E-state index in [2.05, 4.69) is 16.0 Å². The molecule has 108 valence electrons. The van der Waals surface area contributed by atoms with E-state index in [1.54, 1.807) is 12.1 Å². The van der Waals surface area contributed by atoms with Crippen LogP contribution in [0.5, 0.6) is 0 Å². The van der Waals surface area contributed by atoms with Gasteiger partial charge < -0.3 is 16.0 Å². The Kier molecular flexibility index (Phi) is 5.12. The van der Waals surface area contributed by atoms with Gasteiger partial charge in [-0.05, 0) is 38.4 Å². The molecular weight excluding hydrogens is 254 g/mol. The van der Waals surface area contributed by atoms with Crippen LogP contribution in [0.4, 0.5) is 0 Å². The lowest BCUT2D eigenvalue weighted by atomic mass is 10.1. The molecule has 1 heterocycles. The van der Waals surface area contributed by atoms with Gasteiger partial charge in [-0.25, -0.2) is 0 Å². The van der Waals surface area contributed by atoms with Gasteiger partial charge in [0.25, 0.3) is 5.91 Å². The standard InChI is InChI=1S/C15H21N3O2/c1-11-4-6-12(7-5-11)14(19)17-9-10-18-15(20)13-3-2-8-16-13/h4-7,13,16H,2-3,8-10H2,1H3,(H,17,19)(H,18,20). The Morgan fingerprint density at radius 1 is 1.20 bits per heavy atom. The van der Waals surface area contributed by atoms with Crippen LogP contribution in [0.2, 0.25) is 0 Å². The monoisotopic (exact) mass is 275 g/mol. The number of rotatable bonds is 5. The Hall–Kier alpha value is -1.88. The van der Waals surface area contributed by atoms with Gasteiger partial charge in [-0.15, -0.1) is 0 Å². The van der Waals surface area contributed by atoms with Crippen molar-refractivity contribution in [1.82, 2.24) is 16.0 Å². The van der Waals surface area contributed by atoms with E-state index < -0.39 is 0 Å². The molecule has 0 radical (unpaired) electrons. The van der Waals surface area contributed by atoms with Crippen LogP contribution in [0.15, 0.2) is 24.3 Å². The zero-order valence-electron chi connectivity index (χ0n) is 11.7. The zero-order valence-corrected chi connectivity index (χ0v) is 11.7. The van der Waals surface area contributed by atoms with Gasteiger partial charge in [-0.1, -0.05) is 17.7 Å². The molecule has 0 aliphatic carbocycles. The highest BCUT2D eigenvalue weighted by Crippen LogP contribution is 2.04. The summed E-state index contributed by atoms with van der Waals surface area (Å²) < 4.78 is 0. The van der Waals surface area contributed by atoms with Crippen molar-refractivity contribution in [3.8, 4) is 0 Å². The number of hydrogen-bond acceptors (Lipinski definition) is 3. The molecule has 1 aromatic rings. The number of carbonyl (C=O) groups excluding carboxylic acids is 2. The van der Waals surface area contributed by atoms with Crippen LogP contribution in [-0.2, 0) is 4.79 Å². The van der Waals surface area contributed by atoms with Crippen molar-refractivity contribution in [3.63, 3.8) is 0 Å². The first-order valence-electron chi connectivity index (χ1n) is 7.03. The predicted octanol–water partition coefficient (Wildman–Crippen LogP) is 0.593. The van der Waals surface area contributed by atoms with E-state index in [0.29, 0.717) is 18.7 Å². The van der Waals surface area contributed by atoms with Crippen molar-refractivity contribution < 1.29 is 9.59 Å². The molecule has 5 heteroatoms. The van der Waals surface area contributed by atoms with Gasteiger partial charge in [-0.3, -0.25) is 9.59 Å². The first kappa shape index (κ1) is 14.5. The van der Waals surface area contributed by atoms with Gasteiger partial charge in [0.15, 0.2) is 0 Å². The molecule has 1 atom stereocenters. The molecule has 1 unspecified atom stereocenters. The van der Waals surface area contributed by atoms with E-state index in [9.17, 15) is 9.59 Å². The summed E-state index contributed by atoms with van der Waals surface area (Å²) in [5.74, 6) is -0.0923. The van der Waals surface area contributed by atoms with Gasteiger partial charge in [0.1, 0.15) is 0 Å². The minimum absolute atomic E-state index is 0.0204. The number of nitrogens with one attached hydrogen (secondary N) is 3. The van der Waals surface area contributed by atoms with Crippen molar-refractivity contribution in [2.45, 2.75) is 25.8 Å². The van der Waals surface area contributed by atoms with Crippen LogP contribution < -0.4 is 16.0 Å². The van der Waals surface area contributed by atoms with E-state index in [1.807, 2.05) is 19.1 Å². The van der Waals surface area contributed by atoms with Gasteiger partial charge >= 0.3 is 0 Å². The summed E-state index contributed by atoms with van der Waals surface area (Å²) in [5, 5.41) is 8.75. The fourth-order valence-corrected chi connectivity index (χ4v) is 2.20. The molecule has 5 nitrogen and oxygen atoms in total. The van der Waals surface area contributed by atoms with Gasteiger partial charge in [0, 0.05) is 18.7 Å². The lowest BCUT2D eigenvalue weighted by molar-refractivity contribution is -0.122. The lowest BCUT2D eigenvalue weighted by Crippen LogP contribution is -2.43. The zero-order chi connectivity index (χ0) is 14.4. The summed E-state index contributed by atoms with van der Waals surface area (Å²) >= 11 is 0. The third-order valence-corrected chi connectivity index (χ3v) is 3.40. The van der Waals surface area contributed by atoms with Gasteiger partial charge in [-0.2, -0.15) is 0 Å². The molecule has 1 saturated heterocycles. The number of benzene rings is 1. The molecule has 1 aromatic carbocycles. The molecule has 2 amide bonds. The maximum absolute atomic E-state index is 11.8. The third kappa shape index (κ3) is 4.06. The van der Waals surface area contributed by atoms with Crippen LogP contribution in [-0.4, -0.2) is 37.5 Å². The smallest absolute Gasteiger partial charge is 0.251 e. The van der Waals surface area contributed by atoms with Crippen LogP contribution in [0.3, 0.4) is 0 Å². The highest BCUT2D eigenvalue weighted by molar-refractivity contribution is 5.94. The molecule has 1 fully saturated rings. The molecule has 0 bridgehead atoms. The molecule has 0 aromatic heterocycles. The lowest BCUT2D eigenvalue weighted by Gasteiger charge is -2.11. The molecule has 0 spiro atoms. The molecule has 2 rings (SSSR count). The summed E-state index contributed by atoms with van der Waals surface area (Å²) in [7, 11) is 0. The van der Waals surface area contributed by atoms with E-state index >= 15 is 0 Å². The summed E-state index contributed by atoms with van der Waals surface area (Å²) in [6.07, 6.45) is 1.93. The Labute approximate surface area is 119 Å². The average Bonchev–Trinajstić information content (AvgIpc) is 2.98. The molecule has 20 heavy (non-hydrogen) atoms. The fraction of sp³-hybridized carbons (Fsp3) is 0.467. The normalized spacial score (nSPS) is 17.8. The number of hydrogen-bond donors (Lipinski definition) is 3. The highest BCUT2D eigenvalue weighted by atomic mass is 16.2. The first-order chi connectivity index (χ1) is 9.66. The topological polar surface area (TPSA) is 70.2 Å². The van der Waals surface area contributed by atoms with Crippen molar-refractivity contribution >= 4 is 11.8 Å². The summed E-state index contributed by atoms with van der Waals surface area (Å²) in [5.41, 5.74) is 1.76. The molecule has 1 aliphatic heterocycles. The van der Waals surface area contributed by atoms with Gasteiger partial charge in [0.05, 0.1) is 6.04 Å². The molecular formula is C15H21N3O2. The van der Waals surface area contributed by atoms with Crippen molar-refractivity contribution in [1.29, 1.82) is 0 Å². The van der Waals surface area contributed by atoms with E-state index in [4.69, 9.17) is 0 Å². The summed E-state index contributed by atoms with van der Waals surface area (Å²) in [4.78, 5) is 23.5. The van der Waals surface area contributed by atoms with Crippen LogP contribution in [0.25, 0.3) is 0 Å². The second-order valence-electron chi connectivity index (χ2n) is 5.06. The third-order valence-electron chi connectivity index (χ3n) is 3.40. The Morgan fingerprint density at radius 3 is 2.55 bits per heavy atom. The molecule has 3 N–H and O–H groups in total. The number of amides is 2. The maximum Gasteiger partial charge on any atom is 0.251 e. The minimum atomic E-state index is -0.113. The SMILES string of the molecule is Cc1ccc(C(=O)NCCNC(=O)C2CCCN2)cc1. The predicted molar refractivity (Wildman–Crippen MR) is 77.5 cm³/mol. The Morgan fingerprint density at radius 2 is 1.90 bits per heavy atom. The highest BCUT2D eigenvalue weighted by Gasteiger charge is 2.21. The fourth-order valence-electron chi connectivity index (χ4n) is 2.20. The van der Waals surface area contributed by atoms with E-state index in [1.165, 1.54) is 0 Å². The van der Waals surface area contributed by atoms with Crippen molar-refractivity contribution in [2.24, 2.45) is 0 Å². The first-order valence-corrected chi connectivity index (χ1v) is 7.03. The second kappa shape index (κ2) is 7.05. The number of aryl methyl sites for hydroxylation is 1. The maximum atomic E-state index is 11.8. The Bertz CT molecular complexity index is 465. The average molecular weight is 275 g/mol. The largest absolute Gasteiger partial charge is 0.353 e. The van der Waals surface area contributed by atoms with Crippen molar-refractivity contribution in [3.05, 3.63) is 35.4 Å². The minimum Gasteiger partial charge on any atom is -0.353 e. The number of carbonyl (C=O) groups is 2. The van der Waals surface area contributed by atoms with Crippen LogP contribution in [0.1, 0.15) is 28.8 Å². The molecule has 0 saturated carbocycles. The summed E-state index contributed by atoms with van der Waals surface area (Å²) in [6.45, 7) is 3.77. The van der Waals surface area contributed by atoms with Crippen molar-refractivity contribution in [2.75, 3.05) is 19.6 Å².